The second-order valence-electron chi connectivity index (χ2n) is 5.58. The Bertz CT molecular complexity index is 625. The van der Waals surface area contributed by atoms with Crippen LogP contribution in [0.1, 0.15) is 34.8 Å². The van der Waals surface area contributed by atoms with Gasteiger partial charge in [0.1, 0.15) is 0 Å². The summed E-state index contributed by atoms with van der Waals surface area (Å²) in [5.74, 6) is 0.0222. The summed E-state index contributed by atoms with van der Waals surface area (Å²) >= 11 is 1.66. The molecule has 0 bridgehead atoms. The van der Waals surface area contributed by atoms with Crippen molar-refractivity contribution in [3.63, 3.8) is 0 Å². The van der Waals surface area contributed by atoms with E-state index in [1.165, 1.54) is 5.56 Å². The molecule has 0 saturated carbocycles. The predicted octanol–water partition coefficient (Wildman–Crippen LogP) is 4.47. The highest BCUT2D eigenvalue weighted by Gasteiger charge is 2.12. The molecule has 22 heavy (non-hydrogen) atoms. The Labute approximate surface area is 137 Å². The van der Waals surface area contributed by atoms with Gasteiger partial charge in [-0.15, -0.1) is 11.8 Å². The minimum absolute atomic E-state index is 0.0222. The van der Waals surface area contributed by atoms with Crippen LogP contribution in [0.5, 0.6) is 0 Å². The van der Waals surface area contributed by atoms with Crippen LogP contribution in [0, 0.1) is 6.92 Å². The number of nitrogens with one attached hydrogen (secondary N) is 1. The van der Waals surface area contributed by atoms with Crippen molar-refractivity contribution in [2.75, 3.05) is 6.26 Å². The second-order valence-corrected chi connectivity index (χ2v) is 6.46. The van der Waals surface area contributed by atoms with Gasteiger partial charge < -0.3 is 5.32 Å². The fourth-order valence-corrected chi connectivity index (χ4v) is 2.81. The highest BCUT2D eigenvalue weighted by Crippen LogP contribution is 2.19. The first kappa shape index (κ1) is 16.6. The maximum absolute atomic E-state index is 12.4. The Morgan fingerprint density at radius 3 is 2.59 bits per heavy atom. The molecule has 1 N–H and O–H groups in total. The van der Waals surface area contributed by atoms with E-state index in [4.69, 9.17) is 0 Å². The zero-order valence-electron chi connectivity index (χ0n) is 13.4. The molecule has 3 heteroatoms. The second kappa shape index (κ2) is 8.04. The Hall–Kier alpha value is -1.74. The van der Waals surface area contributed by atoms with Gasteiger partial charge in [-0.25, -0.2) is 0 Å². The number of carbonyl (C=O) groups is 1. The van der Waals surface area contributed by atoms with Crippen LogP contribution in [0.2, 0.25) is 0 Å². The lowest BCUT2D eigenvalue weighted by atomic mass is 10.0. The molecule has 0 aromatic heterocycles. The molecule has 2 rings (SSSR count). The third-order valence-corrected chi connectivity index (χ3v) is 4.50. The van der Waals surface area contributed by atoms with E-state index in [-0.39, 0.29) is 11.9 Å². The van der Waals surface area contributed by atoms with Crippen molar-refractivity contribution in [2.24, 2.45) is 0 Å². The molecule has 0 aliphatic rings. The third-order valence-electron chi connectivity index (χ3n) is 3.78. The number of hydrogen-bond donors (Lipinski definition) is 1. The first-order valence-corrected chi connectivity index (χ1v) is 8.82. The number of benzene rings is 2. The number of thioether (sulfide) groups is 1. The van der Waals surface area contributed by atoms with E-state index in [2.05, 4.69) is 42.6 Å². The van der Waals surface area contributed by atoms with Gasteiger partial charge in [0.25, 0.3) is 5.91 Å². The molecule has 1 unspecified atom stereocenters. The molecular weight excluding hydrogens is 290 g/mol. The van der Waals surface area contributed by atoms with Gasteiger partial charge in [-0.3, -0.25) is 4.79 Å². The standard InChI is InChI=1S/C19H23NOS/c1-14-9-12-17(22-3)13-18(14)19(21)20-15(2)10-11-16-7-5-4-6-8-16/h4-9,12-13,15H,10-11H2,1-3H3,(H,20,21). The van der Waals surface area contributed by atoms with E-state index in [1.807, 2.05) is 31.4 Å². The largest absolute Gasteiger partial charge is 0.350 e. The summed E-state index contributed by atoms with van der Waals surface area (Å²) in [5.41, 5.74) is 3.10. The molecule has 0 heterocycles. The van der Waals surface area contributed by atoms with Crippen LogP contribution in [-0.2, 0) is 6.42 Å². The summed E-state index contributed by atoms with van der Waals surface area (Å²) in [5, 5.41) is 3.11. The van der Waals surface area contributed by atoms with E-state index >= 15 is 0 Å². The number of rotatable bonds is 6. The first-order valence-electron chi connectivity index (χ1n) is 7.59. The molecule has 0 radical (unpaired) electrons. The van der Waals surface area contributed by atoms with Crippen molar-refractivity contribution in [2.45, 2.75) is 37.6 Å². The molecule has 1 amide bonds. The van der Waals surface area contributed by atoms with Gasteiger partial charge in [0, 0.05) is 16.5 Å². The molecule has 0 fully saturated rings. The highest BCUT2D eigenvalue weighted by atomic mass is 32.2. The normalized spacial score (nSPS) is 12.0. The van der Waals surface area contributed by atoms with Crippen molar-refractivity contribution >= 4 is 17.7 Å². The number of hydrogen-bond acceptors (Lipinski definition) is 2. The molecular formula is C19H23NOS. The van der Waals surface area contributed by atoms with Crippen LogP contribution in [0.25, 0.3) is 0 Å². The van der Waals surface area contributed by atoms with Gasteiger partial charge in [-0.1, -0.05) is 36.4 Å². The SMILES string of the molecule is CSc1ccc(C)c(C(=O)NC(C)CCc2ccccc2)c1. The fraction of sp³-hybridized carbons (Fsp3) is 0.316. The van der Waals surface area contributed by atoms with Crippen molar-refractivity contribution < 1.29 is 4.79 Å². The number of amides is 1. The molecule has 0 spiro atoms. The summed E-state index contributed by atoms with van der Waals surface area (Å²) in [6.07, 6.45) is 3.94. The topological polar surface area (TPSA) is 29.1 Å². The van der Waals surface area contributed by atoms with E-state index in [0.717, 1.165) is 28.9 Å². The number of carbonyl (C=O) groups excluding carboxylic acids is 1. The summed E-state index contributed by atoms with van der Waals surface area (Å²) in [7, 11) is 0. The monoisotopic (exact) mass is 313 g/mol. The van der Waals surface area contributed by atoms with Crippen LogP contribution in [0.4, 0.5) is 0 Å². The van der Waals surface area contributed by atoms with Gasteiger partial charge in [0.15, 0.2) is 0 Å². The lowest BCUT2D eigenvalue weighted by Gasteiger charge is -2.15. The van der Waals surface area contributed by atoms with Gasteiger partial charge in [0.2, 0.25) is 0 Å². The average molecular weight is 313 g/mol. The zero-order valence-corrected chi connectivity index (χ0v) is 14.2. The molecule has 2 nitrogen and oxygen atoms in total. The number of aryl methyl sites for hydroxylation is 2. The van der Waals surface area contributed by atoms with Gasteiger partial charge in [-0.2, -0.15) is 0 Å². The third kappa shape index (κ3) is 4.63. The average Bonchev–Trinajstić information content (AvgIpc) is 2.54. The van der Waals surface area contributed by atoms with Crippen LogP contribution >= 0.6 is 11.8 Å². The molecule has 0 aliphatic carbocycles. The molecule has 116 valence electrons. The van der Waals surface area contributed by atoms with Crippen molar-refractivity contribution in [1.82, 2.24) is 5.32 Å². The van der Waals surface area contributed by atoms with Crippen LogP contribution in [0.3, 0.4) is 0 Å². The van der Waals surface area contributed by atoms with Gasteiger partial charge in [0.05, 0.1) is 0 Å². The summed E-state index contributed by atoms with van der Waals surface area (Å²) < 4.78 is 0. The van der Waals surface area contributed by atoms with Gasteiger partial charge in [-0.05, 0) is 56.2 Å². The Kier molecular flexibility index (Phi) is 6.08. The van der Waals surface area contributed by atoms with Crippen LogP contribution in [-0.4, -0.2) is 18.2 Å². The van der Waals surface area contributed by atoms with E-state index in [0.29, 0.717) is 0 Å². The minimum Gasteiger partial charge on any atom is -0.350 e. The molecule has 0 aliphatic heterocycles. The van der Waals surface area contributed by atoms with E-state index < -0.39 is 0 Å². The Morgan fingerprint density at radius 2 is 1.91 bits per heavy atom. The summed E-state index contributed by atoms with van der Waals surface area (Å²) in [6, 6.07) is 16.6. The van der Waals surface area contributed by atoms with E-state index in [1.54, 1.807) is 11.8 Å². The predicted molar refractivity (Wildman–Crippen MR) is 94.7 cm³/mol. The fourth-order valence-electron chi connectivity index (χ4n) is 2.37. The zero-order chi connectivity index (χ0) is 15.9. The summed E-state index contributed by atoms with van der Waals surface area (Å²) in [4.78, 5) is 13.6. The molecule has 0 saturated heterocycles. The minimum atomic E-state index is 0.0222. The first-order chi connectivity index (χ1) is 10.6. The molecule has 2 aromatic carbocycles. The Balaban J connectivity index is 1.93. The van der Waals surface area contributed by atoms with E-state index in [9.17, 15) is 4.79 Å². The van der Waals surface area contributed by atoms with Gasteiger partial charge >= 0.3 is 0 Å². The lowest BCUT2D eigenvalue weighted by Crippen LogP contribution is -2.33. The van der Waals surface area contributed by atoms with Crippen molar-refractivity contribution in [3.8, 4) is 0 Å². The van der Waals surface area contributed by atoms with Crippen molar-refractivity contribution in [1.29, 1.82) is 0 Å². The lowest BCUT2D eigenvalue weighted by molar-refractivity contribution is 0.0937. The maximum Gasteiger partial charge on any atom is 0.251 e. The summed E-state index contributed by atoms with van der Waals surface area (Å²) in [6.45, 7) is 4.04. The maximum atomic E-state index is 12.4. The highest BCUT2D eigenvalue weighted by molar-refractivity contribution is 7.98. The Morgan fingerprint density at radius 1 is 1.18 bits per heavy atom. The van der Waals surface area contributed by atoms with Crippen LogP contribution in [0.15, 0.2) is 53.4 Å². The molecule has 2 aromatic rings. The smallest absolute Gasteiger partial charge is 0.251 e. The molecule has 1 atom stereocenters. The van der Waals surface area contributed by atoms with Crippen molar-refractivity contribution in [3.05, 3.63) is 65.2 Å². The quantitative estimate of drug-likeness (QED) is 0.797. The van der Waals surface area contributed by atoms with Crippen LogP contribution < -0.4 is 5.32 Å².